The van der Waals surface area contributed by atoms with E-state index in [1.807, 2.05) is 12.1 Å². The molecule has 3 N–H and O–H groups in total. The predicted octanol–water partition coefficient (Wildman–Crippen LogP) is 2.00. The summed E-state index contributed by atoms with van der Waals surface area (Å²) in [6.45, 7) is 6.20. The lowest BCUT2D eigenvalue weighted by atomic mass is 10.0. The van der Waals surface area contributed by atoms with Crippen molar-refractivity contribution in [2.24, 2.45) is 10.7 Å². The van der Waals surface area contributed by atoms with Gasteiger partial charge in [-0.05, 0) is 64.1 Å². The number of nitrogens with zero attached hydrogens (tertiary/aromatic N) is 3. The first-order chi connectivity index (χ1) is 11.1. The van der Waals surface area contributed by atoms with Crippen molar-refractivity contribution in [2.45, 2.75) is 32.2 Å². The summed E-state index contributed by atoms with van der Waals surface area (Å²) >= 11 is 0. The van der Waals surface area contributed by atoms with Crippen molar-refractivity contribution in [1.29, 1.82) is 0 Å². The minimum absolute atomic E-state index is 0.501. The molecule has 0 aromatic heterocycles. The van der Waals surface area contributed by atoms with E-state index < -0.39 is 0 Å². The van der Waals surface area contributed by atoms with Crippen molar-refractivity contribution < 1.29 is 0 Å². The Morgan fingerprint density at radius 2 is 2.09 bits per heavy atom. The molecule has 0 radical (unpaired) electrons. The van der Waals surface area contributed by atoms with Gasteiger partial charge in [0.2, 0.25) is 0 Å². The molecule has 0 atom stereocenters. The first-order valence-electron chi connectivity index (χ1n) is 8.63. The number of hydrogen-bond acceptors (Lipinski definition) is 3. The van der Waals surface area contributed by atoms with Crippen LogP contribution in [-0.2, 0) is 6.42 Å². The van der Waals surface area contributed by atoms with Gasteiger partial charge in [-0.2, -0.15) is 0 Å². The van der Waals surface area contributed by atoms with Crippen LogP contribution in [0.3, 0.4) is 0 Å². The minimum Gasteiger partial charge on any atom is -0.370 e. The standard InChI is InChI=1S/C18H31N5/c1-4-15-6-5-7-16(14-15)21-18(19)20-10-13-23-11-8-17(9-12-23)22(2)3/h5-7,14,17H,4,8-13H2,1-3H3,(H3,19,20,21). The molecule has 0 spiro atoms. The molecule has 0 bridgehead atoms. The summed E-state index contributed by atoms with van der Waals surface area (Å²) in [5, 5.41) is 3.18. The predicted molar refractivity (Wildman–Crippen MR) is 99.1 cm³/mol. The molecule has 0 aliphatic carbocycles. The van der Waals surface area contributed by atoms with Gasteiger partial charge < -0.3 is 20.9 Å². The molecule has 1 aliphatic heterocycles. The highest BCUT2D eigenvalue weighted by Crippen LogP contribution is 2.13. The lowest BCUT2D eigenvalue weighted by molar-refractivity contribution is 0.148. The van der Waals surface area contributed by atoms with E-state index in [2.05, 4.69) is 53.3 Å². The van der Waals surface area contributed by atoms with Crippen LogP contribution < -0.4 is 11.1 Å². The molecule has 1 aromatic rings. The van der Waals surface area contributed by atoms with Crippen LogP contribution in [0.15, 0.2) is 29.3 Å². The Morgan fingerprint density at radius 1 is 1.35 bits per heavy atom. The van der Waals surface area contributed by atoms with Crippen molar-refractivity contribution in [3.63, 3.8) is 0 Å². The zero-order chi connectivity index (χ0) is 16.7. The smallest absolute Gasteiger partial charge is 0.193 e. The van der Waals surface area contributed by atoms with Crippen molar-refractivity contribution >= 4 is 11.6 Å². The number of nitrogens with two attached hydrogens (primary N) is 1. The molecule has 1 fully saturated rings. The van der Waals surface area contributed by atoms with Crippen LogP contribution >= 0.6 is 0 Å². The van der Waals surface area contributed by atoms with Crippen LogP contribution in [0.1, 0.15) is 25.3 Å². The van der Waals surface area contributed by atoms with Gasteiger partial charge in [0.1, 0.15) is 0 Å². The number of nitrogens with one attached hydrogen (secondary N) is 1. The summed E-state index contributed by atoms with van der Waals surface area (Å²) in [7, 11) is 4.34. The molecule has 1 saturated heterocycles. The Hall–Kier alpha value is -1.59. The highest BCUT2D eigenvalue weighted by molar-refractivity contribution is 5.92. The third-order valence-corrected chi connectivity index (χ3v) is 4.59. The molecular weight excluding hydrogens is 286 g/mol. The first-order valence-corrected chi connectivity index (χ1v) is 8.63. The lowest BCUT2D eigenvalue weighted by Crippen LogP contribution is -2.42. The van der Waals surface area contributed by atoms with E-state index in [0.29, 0.717) is 5.96 Å². The van der Waals surface area contributed by atoms with Crippen molar-refractivity contribution in [2.75, 3.05) is 45.6 Å². The number of rotatable bonds is 6. The normalized spacial score (nSPS) is 17.7. The van der Waals surface area contributed by atoms with Gasteiger partial charge in [0.25, 0.3) is 0 Å². The second-order valence-corrected chi connectivity index (χ2v) is 6.48. The van der Waals surface area contributed by atoms with Gasteiger partial charge in [-0.3, -0.25) is 4.99 Å². The number of benzene rings is 1. The summed E-state index contributed by atoms with van der Waals surface area (Å²) in [5.74, 6) is 0.501. The summed E-state index contributed by atoms with van der Waals surface area (Å²) in [6, 6.07) is 9.04. The van der Waals surface area contributed by atoms with E-state index in [1.165, 1.54) is 18.4 Å². The summed E-state index contributed by atoms with van der Waals surface area (Å²) in [4.78, 5) is 9.27. The second-order valence-electron chi connectivity index (χ2n) is 6.48. The lowest BCUT2D eigenvalue weighted by Gasteiger charge is -2.34. The van der Waals surface area contributed by atoms with Crippen LogP contribution in [0.4, 0.5) is 5.69 Å². The Bertz CT molecular complexity index is 504. The monoisotopic (exact) mass is 317 g/mol. The van der Waals surface area contributed by atoms with Crippen LogP contribution in [0, 0.1) is 0 Å². The molecular formula is C18H31N5. The number of aryl methyl sites for hydroxylation is 1. The third kappa shape index (κ3) is 5.84. The van der Waals surface area contributed by atoms with Crippen molar-refractivity contribution in [3.05, 3.63) is 29.8 Å². The summed E-state index contributed by atoms with van der Waals surface area (Å²) < 4.78 is 0. The topological polar surface area (TPSA) is 56.9 Å². The molecule has 2 rings (SSSR count). The Kier molecular flexibility index (Phi) is 6.86. The molecule has 0 saturated carbocycles. The molecule has 1 aromatic carbocycles. The molecule has 1 heterocycles. The maximum Gasteiger partial charge on any atom is 0.193 e. The fraction of sp³-hybridized carbons (Fsp3) is 0.611. The number of anilines is 1. The van der Waals surface area contributed by atoms with Gasteiger partial charge in [0, 0.05) is 18.3 Å². The Morgan fingerprint density at radius 3 is 2.74 bits per heavy atom. The molecule has 5 nitrogen and oxygen atoms in total. The van der Waals surface area contributed by atoms with E-state index in [-0.39, 0.29) is 0 Å². The van der Waals surface area contributed by atoms with Crippen LogP contribution in [0.2, 0.25) is 0 Å². The number of aliphatic imine (C=N–C) groups is 1. The number of hydrogen-bond donors (Lipinski definition) is 2. The highest BCUT2D eigenvalue weighted by Gasteiger charge is 2.19. The SMILES string of the molecule is CCc1cccc(NC(N)=NCCN2CCC(N(C)C)CC2)c1. The maximum absolute atomic E-state index is 5.99. The van der Waals surface area contributed by atoms with Gasteiger partial charge >= 0.3 is 0 Å². The van der Waals surface area contributed by atoms with Gasteiger partial charge in [0.05, 0.1) is 6.54 Å². The maximum atomic E-state index is 5.99. The Balaban J connectivity index is 1.73. The second kappa shape index (κ2) is 8.89. The number of guanidine groups is 1. The molecule has 128 valence electrons. The number of likely N-dealkylation sites (tertiary alicyclic amines) is 1. The van der Waals surface area contributed by atoms with Gasteiger partial charge in [-0.1, -0.05) is 19.1 Å². The molecule has 1 aliphatic rings. The van der Waals surface area contributed by atoms with E-state index in [4.69, 9.17) is 5.73 Å². The molecule has 0 amide bonds. The molecule has 5 heteroatoms. The fourth-order valence-corrected chi connectivity index (χ4v) is 3.03. The Labute approximate surface area is 140 Å². The van der Waals surface area contributed by atoms with Crippen LogP contribution in [0.25, 0.3) is 0 Å². The first kappa shape index (κ1) is 17.8. The van der Waals surface area contributed by atoms with Crippen LogP contribution in [-0.4, -0.2) is 62.1 Å². The molecule has 0 unspecified atom stereocenters. The van der Waals surface area contributed by atoms with Crippen LogP contribution in [0.5, 0.6) is 0 Å². The van der Waals surface area contributed by atoms with E-state index in [1.54, 1.807) is 0 Å². The summed E-state index contributed by atoms with van der Waals surface area (Å²) in [5.41, 5.74) is 8.30. The van der Waals surface area contributed by atoms with Gasteiger partial charge in [-0.15, -0.1) is 0 Å². The highest BCUT2D eigenvalue weighted by atomic mass is 15.2. The third-order valence-electron chi connectivity index (χ3n) is 4.59. The minimum atomic E-state index is 0.501. The van der Waals surface area contributed by atoms with E-state index >= 15 is 0 Å². The quantitative estimate of drug-likeness (QED) is 0.622. The van der Waals surface area contributed by atoms with Crippen molar-refractivity contribution in [3.8, 4) is 0 Å². The number of piperidine rings is 1. The zero-order valence-corrected chi connectivity index (χ0v) is 14.8. The average molecular weight is 317 g/mol. The van der Waals surface area contributed by atoms with Gasteiger partial charge in [-0.25, -0.2) is 0 Å². The van der Waals surface area contributed by atoms with E-state index in [0.717, 1.165) is 44.3 Å². The van der Waals surface area contributed by atoms with Crippen molar-refractivity contribution in [1.82, 2.24) is 9.80 Å². The van der Waals surface area contributed by atoms with E-state index in [9.17, 15) is 0 Å². The zero-order valence-electron chi connectivity index (χ0n) is 14.8. The average Bonchev–Trinajstić information content (AvgIpc) is 2.55. The summed E-state index contributed by atoms with van der Waals surface area (Å²) in [6.07, 6.45) is 3.51. The largest absolute Gasteiger partial charge is 0.370 e. The molecule has 23 heavy (non-hydrogen) atoms. The fourth-order valence-electron chi connectivity index (χ4n) is 3.03. The van der Waals surface area contributed by atoms with Gasteiger partial charge in [0.15, 0.2) is 5.96 Å².